The fourth-order valence-electron chi connectivity index (χ4n) is 2.64. The van der Waals surface area contributed by atoms with E-state index in [1.54, 1.807) is 36.4 Å². The molecule has 0 bridgehead atoms. The highest BCUT2D eigenvalue weighted by molar-refractivity contribution is 7.85. The van der Waals surface area contributed by atoms with Gasteiger partial charge in [-0.25, -0.2) is 0 Å². The molecule has 0 fully saturated rings. The molecule has 0 aliphatic rings. The van der Waals surface area contributed by atoms with Crippen molar-refractivity contribution in [3.8, 4) is 5.75 Å². The van der Waals surface area contributed by atoms with Gasteiger partial charge >= 0.3 is 0 Å². The van der Waals surface area contributed by atoms with Crippen LogP contribution in [0.1, 0.15) is 22.6 Å². The lowest BCUT2D eigenvalue weighted by molar-refractivity contribution is 0.466. The summed E-state index contributed by atoms with van der Waals surface area (Å²) in [6.07, 6.45) is 0. The van der Waals surface area contributed by atoms with Crippen LogP contribution in [-0.2, 0) is 15.9 Å². The van der Waals surface area contributed by atoms with Crippen LogP contribution in [-0.4, -0.2) is 23.8 Å². The molecule has 4 nitrogen and oxygen atoms in total. The first kappa shape index (κ1) is 21.0. The summed E-state index contributed by atoms with van der Waals surface area (Å²) in [6, 6.07) is 26.1. The molecule has 1 unspecified atom stereocenters. The van der Waals surface area contributed by atoms with Gasteiger partial charge in [-0.05, 0) is 17.2 Å². The highest BCUT2D eigenvalue weighted by Crippen LogP contribution is 2.31. The predicted molar refractivity (Wildman–Crippen MR) is 112 cm³/mol. The van der Waals surface area contributed by atoms with Gasteiger partial charge in [0.15, 0.2) is 0 Å². The van der Waals surface area contributed by atoms with E-state index in [9.17, 15) is 13.5 Å². The van der Waals surface area contributed by atoms with Crippen LogP contribution < -0.4 is 0 Å². The number of aromatic hydroxyl groups is 1. The van der Waals surface area contributed by atoms with Crippen molar-refractivity contribution >= 4 is 22.7 Å². The van der Waals surface area contributed by atoms with Gasteiger partial charge in [0.2, 0.25) is 0 Å². The van der Waals surface area contributed by atoms with E-state index in [1.165, 1.54) is 5.56 Å². The molecule has 0 aromatic heterocycles. The maximum Gasteiger partial charge on any atom is 0.269 e. The summed E-state index contributed by atoms with van der Waals surface area (Å²) in [5.41, 5.74) is 2.71. The molecule has 1 atom stereocenters. The third-order valence-electron chi connectivity index (χ3n) is 3.89. The smallest absolute Gasteiger partial charge is 0.269 e. The maximum absolute atomic E-state index is 10.4. The van der Waals surface area contributed by atoms with Gasteiger partial charge in [0.1, 0.15) is 11.5 Å². The number of para-hydroxylation sites is 1. The maximum atomic E-state index is 10.4. The zero-order valence-electron chi connectivity index (χ0n) is 14.6. The number of phenols is 1. The lowest BCUT2D eigenvalue weighted by Gasteiger charge is -2.16. The molecule has 0 amide bonds. The van der Waals surface area contributed by atoms with Crippen molar-refractivity contribution in [1.29, 1.82) is 0 Å². The summed E-state index contributed by atoms with van der Waals surface area (Å²) in [5, 5.41) is 9.84. The van der Waals surface area contributed by atoms with E-state index in [2.05, 4.69) is 24.8 Å². The molecule has 3 aromatic rings. The van der Waals surface area contributed by atoms with Gasteiger partial charge in [-0.15, -0.1) is 0 Å². The topological polar surface area (TPSA) is 74.6 Å². The van der Waals surface area contributed by atoms with E-state index in [4.69, 9.17) is 4.55 Å². The molecule has 0 saturated carbocycles. The monoisotopic (exact) mass is 402 g/mol. The molecule has 142 valence electrons. The first-order valence-corrected chi connectivity index (χ1v) is 10.6. The van der Waals surface area contributed by atoms with Crippen LogP contribution in [0.15, 0.2) is 84.9 Å². The fraction of sp³-hybridized carbons (Fsp3) is 0.143. The summed E-state index contributed by atoms with van der Waals surface area (Å²) < 4.78 is 29.2. The third-order valence-corrected chi connectivity index (χ3v) is 4.95. The number of benzene rings is 3. The molecule has 0 aliphatic carbocycles. The number of rotatable bonds is 5. The average Bonchev–Trinajstić information content (AvgIpc) is 2.65. The van der Waals surface area contributed by atoms with Crippen molar-refractivity contribution in [3.05, 3.63) is 102 Å². The first-order chi connectivity index (χ1) is 12.9. The van der Waals surface area contributed by atoms with E-state index in [-0.39, 0.29) is 11.7 Å². The van der Waals surface area contributed by atoms with Crippen LogP contribution >= 0.6 is 12.6 Å². The van der Waals surface area contributed by atoms with E-state index in [0.29, 0.717) is 17.1 Å². The van der Waals surface area contributed by atoms with Gasteiger partial charge in [-0.3, -0.25) is 4.55 Å². The number of thiol groups is 1. The summed E-state index contributed by atoms with van der Waals surface area (Å²) in [4.78, 5) is 0. The highest BCUT2D eigenvalue weighted by Gasteiger charge is 2.15. The number of phenolic OH excluding ortho intramolecular Hbond substituents is 1. The SMILES string of the molecule is O=S(=O)(O)Cc1ccccc1.Oc1ccccc1C(CS)c1ccccc1. The second-order valence-electron chi connectivity index (χ2n) is 5.92. The van der Waals surface area contributed by atoms with E-state index in [1.807, 2.05) is 36.4 Å². The standard InChI is InChI=1S/C14H14OS.C7H8O3S/c15-14-9-5-4-8-12(14)13(10-16)11-6-2-1-3-7-11;8-11(9,10)6-7-4-2-1-3-5-7/h1-9,13,15-16H,10H2;1-5H,6H2,(H,8,9,10). The molecule has 0 saturated heterocycles. The van der Waals surface area contributed by atoms with Gasteiger partial charge in [-0.1, -0.05) is 78.9 Å². The zero-order valence-corrected chi connectivity index (χ0v) is 16.4. The largest absolute Gasteiger partial charge is 0.508 e. The van der Waals surface area contributed by atoms with Crippen molar-refractivity contribution in [3.63, 3.8) is 0 Å². The van der Waals surface area contributed by atoms with Gasteiger partial charge in [0.05, 0.1) is 0 Å². The number of hydrogen-bond acceptors (Lipinski definition) is 4. The lowest BCUT2D eigenvalue weighted by atomic mass is 9.92. The second kappa shape index (κ2) is 10.2. The van der Waals surface area contributed by atoms with Crippen molar-refractivity contribution in [1.82, 2.24) is 0 Å². The van der Waals surface area contributed by atoms with Crippen LogP contribution in [0.5, 0.6) is 5.75 Å². The Kier molecular flexibility index (Phi) is 7.91. The molecule has 0 heterocycles. The normalized spacial score (nSPS) is 11.9. The minimum atomic E-state index is -3.88. The quantitative estimate of drug-likeness (QED) is 0.433. The van der Waals surface area contributed by atoms with Crippen molar-refractivity contribution < 1.29 is 18.1 Å². The van der Waals surface area contributed by atoms with Crippen LogP contribution in [0.25, 0.3) is 0 Å². The summed E-state index contributed by atoms with van der Waals surface area (Å²) in [7, 11) is -3.88. The van der Waals surface area contributed by atoms with Crippen molar-refractivity contribution in [2.24, 2.45) is 0 Å². The lowest BCUT2D eigenvalue weighted by Crippen LogP contribution is -2.02. The molecule has 0 aliphatic heterocycles. The molecule has 2 N–H and O–H groups in total. The minimum absolute atomic E-state index is 0.144. The van der Waals surface area contributed by atoms with Gasteiger partial charge in [0.25, 0.3) is 10.1 Å². The molecule has 27 heavy (non-hydrogen) atoms. The van der Waals surface area contributed by atoms with Crippen LogP contribution in [0.4, 0.5) is 0 Å². The van der Waals surface area contributed by atoms with Crippen molar-refractivity contribution in [2.75, 3.05) is 5.75 Å². The minimum Gasteiger partial charge on any atom is -0.508 e. The Morgan fingerprint density at radius 1 is 0.815 bits per heavy atom. The Morgan fingerprint density at radius 2 is 1.33 bits per heavy atom. The molecule has 0 spiro atoms. The Labute approximate surface area is 165 Å². The molecular formula is C21H22O4S2. The van der Waals surface area contributed by atoms with Crippen LogP contribution in [0, 0.1) is 0 Å². The van der Waals surface area contributed by atoms with E-state index < -0.39 is 10.1 Å². The Balaban J connectivity index is 0.000000208. The van der Waals surface area contributed by atoms with Crippen LogP contribution in [0.3, 0.4) is 0 Å². The second-order valence-corrected chi connectivity index (χ2v) is 7.73. The zero-order chi connectivity index (χ0) is 19.7. The predicted octanol–water partition coefficient (Wildman–Crippen LogP) is 4.53. The third kappa shape index (κ3) is 7.09. The fourth-order valence-corrected chi connectivity index (χ4v) is 3.66. The Bertz CT molecular complexity index is 927. The van der Waals surface area contributed by atoms with Gasteiger partial charge in [-0.2, -0.15) is 21.0 Å². The molecule has 6 heteroatoms. The highest BCUT2D eigenvalue weighted by atomic mass is 32.2. The van der Waals surface area contributed by atoms with E-state index in [0.717, 1.165) is 5.56 Å². The Morgan fingerprint density at radius 3 is 1.85 bits per heavy atom. The van der Waals surface area contributed by atoms with Crippen LogP contribution in [0.2, 0.25) is 0 Å². The molecule has 3 rings (SSSR count). The van der Waals surface area contributed by atoms with Crippen molar-refractivity contribution in [2.45, 2.75) is 11.7 Å². The molecular weight excluding hydrogens is 380 g/mol. The van der Waals surface area contributed by atoms with E-state index >= 15 is 0 Å². The first-order valence-electron chi connectivity index (χ1n) is 8.33. The molecule has 3 aromatic carbocycles. The van der Waals surface area contributed by atoms with Gasteiger partial charge in [0, 0.05) is 17.2 Å². The summed E-state index contributed by atoms with van der Waals surface area (Å²) >= 11 is 4.37. The summed E-state index contributed by atoms with van der Waals surface area (Å²) in [6.45, 7) is 0. The van der Waals surface area contributed by atoms with Gasteiger partial charge < -0.3 is 5.11 Å². The summed E-state index contributed by atoms with van der Waals surface area (Å²) in [5.74, 6) is 0.853. The number of hydrogen-bond donors (Lipinski definition) is 3. The average molecular weight is 403 g/mol. The Hall–Kier alpha value is -2.28. The molecule has 0 radical (unpaired) electrons.